The summed E-state index contributed by atoms with van der Waals surface area (Å²) in [5.41, 5.74) is 0.801. The zero-order chi connectivity index (χ0) is 15.5. The molecular weight excluding hydrogens is 288 g/mol. The second kappa shape index (κ2) is 6.10. The van der Waals surface area contributed by atoms with E-state index in [-0.39, 0.29) is 11.4 Å². The summed E-state index contributed by atoms with van der Waals surface area (Å²) in [5.74, 6) is 0.128. The first kappa shape index (κ1) is 15.3. The SMILES string of the molecule is CC(C)(C)NC(=O)c1ccnc(Nc2ccc(Cl)cc2)n1. The third-order valence-corrected chi connectivity index (χ3v) is 2.73. The lowest BCUT2D eigenvalue weighted by atomic mass is 10.1. The van der Waals surface area contributed by atoms with Crippen LogP contribution in [0.3, 0.4) is 0 Å². The molecule has 0 bridgehead atoms. The Balaban J connectivity index is 2.14. The molecule has 6 heteroatoms. The molecule has 0 aliphatic rings. The van der Waals surface area contributed by atoms with Crippen LogP contribution in [0.2, 0.25) is 5.02 Å². The third kappa shape index (κ3) is 4.72. The first-order chi connectivity index (χ1) is 9.83. The molecule has 1 heterocycles. The summed E-state index contributed by atoms with van der Waals surface area (Å²) in [5, 5.41) is 6.54. The van der Waals surface area contributed by atoms with Crippen molar-refractivity contribution < 1.29 is 4.79 Å². The second-order valence-corrected chi connectivity index (χ2v) is 6.04. The van der Waals surface area contributed by atoms with E-state index in [1.165, 1.54) is 0 Å². The van der Waals surface area contributed by atoms with Crippen molar-refractivity contribution in [1.29, 1.82) is 0 Å². The largest absolute Gasteiger partial charge is 0.346 e. The molecule has 0 radical (unpaired) electrons. The quantitative estimate of drug-likeness (QED) is 0.912. The number of nitrogens with one attached hydrogen (secondary N) is 2. The van der Waals surface area contributed by atoms with Gasteiger partial charge < -0.3 is 10.6 Å². The summed E-state index contributed by atoms with van der Waals surface area (Å²) in [6, 6.07) is 8.73. The van der Waals surface area contributed by atoms with Crippen LogP contribution in [0.25, 0.3) is 0 Å². The zero-order valence-corrected chi connectivity index (χ0v) is 12.9. The van der Waals surface area contributed by atoms with Crippen LogP contribution in [0, 0.1) is 0 Å². The number of carbonyl (C=O) groups excluding carboxylic acids is 1. The summed E-state index contributed by atoms with van der Waals surface area (Å²) < 4.78 is 0. The summed E-state index contributed by atoms with van der Waals surface area (Å²) in [6.45, 7) is 5.75. The lowest BCUT2D eigenvalue weighted by Crippen LogP contribution is -2.41. The molecule has 0 aliphatic heterocycles. The van der Waals surface area contributed by atoms with Crippen molar-refractivity contribution in [2.75, 3.05) is 5.32 Å². The number of carbonyl (C=O) groups is 1. The predicted octanol–water partition coefficient (Wildman–Crippen LogP) is 3.40. The minimum absolute atomic E-state index is 0.232. The fourth-order valence-corrected chi connectivity index (χ4v) is 1.74. The van der Waals surface area contributed by atoms with Crippen LogP contribution in [0.5, 0.6) is 0 Å². The van der Waals surface area contributed by atoms with E-state index in [4.69, 9.17) is 11.6 Å². The molecule has 0 saturated carbocycles. The van der Waals surface area contributed by atoms with Crippen LogP contribution >= 0.6 is 11.6 Å². The van der Waals surface area contributed by atoms with Crippen molar-refractivity contribution >= 4 is 29.1 Å². The van der Waals surface area contributed by atoms with Crippen LogP contribution in [0.15, 0.2) is 36.5 Å². The smallest absolute Gasteiger partial charge is 0.270 e. The molecule has 0 saturated heterocycles. The van der Waals surface area contributed by atoms with Crippen LogP contribution in [-0.2, 0) is 0 Å². The molecule has 0 aliphatic carbocycles. The van der Waals surface area contributed by atoms with Gasteiger partial charge in [0.15, 0.2) is 0 Å². The first-order valence-corrected chi connectivity index (χ1v) is 6.89. The highest BCUT2D eigenvalue weighted by Crippen LogP contribution is 2.16. The molecule has 1 amide bonds. The van der Waals surface area contributed by atoms with Gasteiger partial charge in [-0.05, 0) is 51.1 Å². The van der Waals surface area contributed by atoms with Gasteiger partial charge in [0.2, 0.25) is 5.95 Å². The number of benzene rings is 1. The van der Waals surface area contributed by atoms with Gasteiger partial charge in [-0.3, -0.25) is 4.79 Å². The van der Waals surface area contributed by atoms with Gasteiger partial charge in [0.25, 0.3) is 5.91 Å². The maximum absolute atomic E-state index is 12.1. The molecule has 5 nitrogen and oxygen atoms in total. The van der Waals surface area contributed by atoms with Gasteiger partial charge in [-0.15, -0.1) is 0 Å². The predicted molar refractivity (Wildman–Crippen MR) is 84.0 cm³/mol. The van der Waals surface area contributed by atoms with E-state index in [2.05, 4.69) is 20.6 Å². The molecule has 2 aromatic rings. The molecule has 2 N–H and O–H groups in total. The van der Waals surface area contributed by atoms with Crippen molar-refractivity contribution in [3.05, 3.63) is 47.2 Å². The minimum Gasteiger partial charge on any atom is -0.346 e. The van der Waals surface area contributed by atoms with E-state index in [1.54, 1.807) is 24.4 Å². The lowest BCUT2D eigenvalue weighted by molar-refractivity contribution is 0.0914. The van der Waals surface area contributed by atoms with E-state index in [0.29, 0.717) is 16.7 Å². The summed E-state index contributed by atoms with van der Waals surface area (Å²) >= 11 is 5.83. The maximum atomic E-state index is 12.1. The summed E-state index contributed by atoms with van der Waals surface area (Å²) in [4.78, 5) is 20.4. The highest BCUT2D eigenvalue weighted by molar-refractivity contribution is 6.30. The molecule has 0 fully saturated rings. The van der Waals surface area contributed by atoms with Crippen molar-refractivity contribution in [3.63, 3.8) is 0 Å². The maximum Gasteiger partial charge on any atom is 0.270 e. The summed E-state index contributed by atoms with van der Waals surface area (Å²) in [6.07, 6.45) is 1.54. The molecule has 110 valence electrons. The molecule has 2 rings (SSSR count). The molecule has 0 atom stereocenters. The van der Waals surface area contributed by atoms with Gasteiger partial charge in [-0.25, -0.2) is 9.97 Å². The molecule has 21 heavy (non-hydrogen) atoms. The van der Waals surface area contributed by atoms with Crippen LogP contribution in [0.4, 0.5) is 11.6 Å². The Labute approximate surface area is 128 Å². The van der Waals surface area contributed by atoms with Crippen molar-refractivity contribution in [1.82, 2.24) is 15.3 Å². The highest BCUT2D eigenvalue weighted by atomic mass is 35.5. The Morgan fingerprint density at radius 2 is 1.81 bits per heavy atom. The van der Waals surface area contributed by atoms with E-state index < -0.39 is 0 Å². The highest BCUT2D eigenvalue weighted by Gasteiger charge is 2.16. The van der Waals surface area contributed by atoms with E-state index in [9.17, 15) is 4.79 Å². The van der Waals surface area contributed by atoms with Gasteiger partial charge in [0, 0.05) is 22.4 Å². The third-order valence-electron chi connectivity index (χ3n) is 2.48. The fraction of sp³-hybridized carbons (Fsp3) is 0.267. The Kier molecular flexibility index (Phi) is 4.43. The molecule has 0 spiro atoms. The molecule has 1 aromatic heterocycles. The van der Waals surface area contributed by atoms with Gasteiger partial charge in [0.05, 0.1) is 0 Å². The van der Waals surface area contributed by atoms with Crippen LogP contribution in [-0.4, -0.2) is 21.4 Å². The van der Waals surface area contributed by atoms with E-state index in [1.807, 2.05) is 32.9 Å². The molecule has 0 unspecified atom stereocenters. The number of nitrogens with zero attached hydrogens (tertiary/aromatic N) is 2. The van der Waals surface area contributed by atoms with Crippen LogP contribution in [0.1, 0.15) is 31.3 Å². The summed E-state index contributed by atoms with van der Waals surface area (Å²) in [7, 11) is 0. The molecular formula is C15H17ClN4O. The average Bonchev–Trinajstić information content (AvgIpc) is 2.40. The minimum atomic E-state index is -0.314. The Hall–Kier alpha value is -2.14. The van der Waals surface area contributed by atoms with Gasteiger partial charge in [-0.2, -0.15) is 0 Å². The van der Waals surface area contributed by atoms with Gasteiger partial charge in [-0.1, -0.05) is 11.6 Å². The average molecular weight is 305 g/mol. The molecule has 1 aromatic carbocycles. The van der Waals surface area contributed by atoms with Crippen molar-refractivity contribution in [2.24, 2.45) is 0 Å². The monoisotopic (exact) mass is 304 g/mol. The van der Waals surface area contributed by atoms with Gasteiger partial charge >= 0.3 is 0 Å². The normalized spacial score (nSPS) is 11.0. The number of hydrogen-bond donors (Lipinski definition) is 2. The van der Waals surface area contributed by atoms with E-state index >= 15 is 0 Å². The van der Waals surface area contributed by atoms with Crippen LogP contribution < -0.4 is 10.6 Å². The first-order valence-electron chi connectivity index (χ1n) is 6.52. The lowest BCUT2D eigenvalue weighted by Gasteiger charge is -2.20. The standard InChI is InChI=1S/C15H17ClN4O/c1-15(2,3)20-13(21)12-8-9-17-14(19-12)18-11-6-4-10(16)5-7-11/h4-9H,1-3H3,(H,20,21)(H,17,18,19). The number of rotatable bonds is 3. The fourth-order valence-electron chi connectivity index (χ4n) is 1.61. The topological polar surface area (TPSA) is 66.9 Å². The Morgan fingerprint density at radius 1 is 1.14 bits per heavy atom. The van der Waals surface area contributed by atoms with Gasteiger partial charge in [0.1, 0.15) is 5.69 Å². The van der Waals surface area contributed by atoms with Crippen molar-refractivity contribution in [2.45, 2.75) is 26.3 Å². The Bertz CT molecular complexity index is 635. The number of anilines is 2. The van der Waals surface area contributed by atoms with Crippen molar-refractivity contribution in [3.8, 4) is 0 Å². The number of hydrogen-bond acceptors (Lipinski definition) is 4. The Morgan fingerprint density at radius 3 is 2.43 bits per heavy atom. The zero-order valence-electron chi connectivity index (χ0n) is 12.1. The van der Waals surface area contributed by atoms with E-state index in [0.717, 1.165) is 5.69 Å². The number of amides is 1. The number of aromatic nitrogens is 2. The number of halogens is 1. The second-order valence-electron chi connectivity index (χ2n) is 5.60.